The van der Waals surface area contributed by atoms with Crippen molar-refractivity contribution in [2.45, 2.75) is 32.8 Å². The van der Waals surface area contributed by atoms with Crippen LogP contribution < -0.4 is 16.0 Å². The van der Waals surface area contributed by atoms with E-state index in [1.807, 2.05) is 20.8 Å². The van der Waals surface area contributed by atoms with Crippen LogP contribution in [0.4, 0.5) is 4.79 Å². The molecule has 0 spiro atoms. The number of rotatable bonds is 10. The van der Waals surface area contributed by atoms with E-state index >= 15 is 0 Å². The first-order chi connectivity index (χ1) is 11.3. The Bertz CT molecular complexity index is 375. The van der Waals surface area contributed by atoms with Crippen LogP contribution in [0.1, 0.15) is 27.2 Å². The van der Waals surface area contributed by atoms with Crippen molar-refractivity contribution in [2.24, 2.45) is 4.99 Å². The molecule has 0 aromatic carbocycles. The highest BCUT2D eigenvalue weighted by Gasteiger charge is 2.15. The number of aliphatic imine (C=N–C) groups is 1. The summed E-state index contributed by atoms with van der Waals surface area (Å²) in [5.74, 6) is 0.757. The van der Waals surface area contributed by atoms with Gasteiger partial charge in [-0.1, -0.05) is 0 Å². The van der Waals surface area contributed by atoms with Gasteiger partial charge >= 0.3 is 6.09 Å². The number of nitrogens with zero attached hydrogens (tertiary/aromatic N) is 2. The lowest BCUT2D eigenvalue weighted by Crippen LogP contribution is -2.42. The largest absolute Gasteiger partial charge is 0.444 e. The van der Waals surface area contributed by atoms with Crippen molar-refractivity contribution in [3.05, 3.63) is 0 Å². The Balaban J connectivity index is 0. The number of carbonyl (C=O) groups is 1. The van der Waals surface area contributed by atoms with Gasteiger partial charge in [-0.2, -0.15) is 0 Å². The van der Waals surface area contributed by atoms with Crippen molar-refractivity contribution in [2.75, 3.05) is 60.5 Å². The van der Waals surface area contributed by atoms with Gasteiger partial charge < -0.3 is 30.3 Å². The van der Waals surface area contributed by atoms with Gasteiger partial charge in [0.25, 0.3) is 0 Å². The standard InChI is InChI=1S/C16H35N5O3.HI/c1-16(2,3)24-15(22)20-9-7-8-18-14(17-4)19-10-11-21(5)12-13-23-6;/h7-13H2,1-6H3,(H,20,22)(H2,17,18,19);1H. The summed E-state index contributed by atoms with van der Waals surface area (Å²) < 4.78 is 10.2. The number of methoxy groups -OCH3 is 1. The average Bonchev–Trinajstić information content (AvgIpc) is 2.49. The summed E-state index contributed by atoms with van der Waals surface area (Å²) in [4.78, 5) is 17.8. The molecule has 0 fully saturated rings. The normalized spacial score (nSPS) is 11.7. The van der Waals surface area contributed by atoms with Crippen molar-refractivity contribution in [3.8, 4) is 0 Å². The van der Waals surface area contributed by atoms with Crippen molar-refractivity contribution in [1.29, 1.82) is 0 Å². The smallest absolute Gasteiger partial charge is 0.407 e. The number of likely N-dealkylation sites (N-methyl/N-ethyl adjacent to an activating group) is 1. The van der Waals surface area contributed by atoms with E-state index in [9.17, 15) is 4.79 Å². The Hall–Kier alpha value is -0.810. The van der Waals surface area contributed by atoms with Gasteiger partial charge in [-0.25, -0.2) is 4.79 Å². The molecule has 25 heavy (non-hydrogen) atoms. The molecule has 8 nitrogen and oxygen atoms in total. The van der Waals surface area contributed by atoms with Crippen LogP contribution in [0.25, 0.3) is 0 Å². The molecular formula is C16H36IN5O3. The second-order valence-electron chi connectivity index (χ2n) is 6.50. The molecule has 3 N–H and O–H groups in total. The van der Waals surface area contributed by atoms with Crippen LogP contribution in [-0.4, -0.2) is 83.1 Å². The molecule has 9 heteroatoms. The summed E-state index contributed by atoms with van der Waals surface area (Å²) in [6, 6.07) is 0. The van der Waals surface area contributed by atoms with Crippen LogP contribution in [0.15, 0.2) is 4.99 Å². The van der Waals surface area contributed by atoms with Gasteiger partial charge in [0, 0.05) is 46.9 Å². The molecule has 0 radical (unpaired) electrons. The van der Waals surface area contributed by atoms with E-state index in [1.165, 1.54) is 0 Å². The zero-order valence-electron chi connectivity index (χ0n) is 16.5. The molecule has 0 aromatic heterocycles. The average molecular weight is 473 g/mol. The van der Waals surface area contributed by atoms with Gasteiger partial charge in [-0.15, -0.1) is 24.0 Å². The molecular weight excluding hydrogens is 437 g/mol. The van der Waals surface area contributed by atoms with Gasteiger partial charge in [-0.3, -0.25) is 4.99 Å². The number of alkyl carbamates (subject to hydrolysis) is 1. The minimum Gasteiger partial charge on any atom is -0.444 e. The minimum absolute atomic E-state index is 0. The van der Waals surface area contributed by atoms with E-state index in [2.05, 4.69) is 32.9 Å². The van der Waals surface area contributed by atoms with Crippen LogP contribution in [0.2, 0.25) is 0 Å². The van der Waals surface area contributed by atoms with Crippen molar-refractivity contribution >= 4 is 36.0 Å². The highest BCUT2D eigenvalue weighted by atomic mass is 127. The first-order valence-electron chi connectivity index (χ1n) is 8.37. The number of amides is 1. The third kappa shape index (κ3) is 17.8. The van der Waals surface area contributed by atoms with E-state index in [1.54, 1.807) is 14.2 Å². The van der Waals surface area contributed by atoms with E-state index in [0.29, 0.717) is 6.54 Å². The maximum atomic E-state index is 11.5. The third-order valence-electron chi connectivity index (χ3n) is 3.00. The highest BCUT2D eigenvalue weighted by molar-refractivity contribution is 14.0. The van der Waals surface area contributed by atoms with E-state index < -0.39 is 5.60 Å². The Morgan fingerprint density at radius 3 is 2.24 bits per heavy atom. The molecule has 0 heterocycles. The Morgan fingerprint density at radius 2 is 1.68 bits per heavy atom. The number of nitrogens with one attached hydrogen (secondary N) is 3. The van der Waals surface area contributed by atoms with Gasteiger partial charge in [-0.05, 0) is 34.2 Å². The summed E-state index contributed by atoms with van der Waals surface area (Å²) in [6.45, 7) is 10.1. The van der Waals surface area contributed by atoms with Gasteiger partial charge in [0.15, 0.2) is 5.96 Å². The first kappa shape index (κ1) is 26.4. The second kappa shape index (κ2) is 15.4. The fraction of sp³-hybridized carbons (Fsp3) is 0.875. The zero-order chi connectivity index (χ0) is 18.4. The predicted molar refractivity (Wildman–Crippen MR) is 113 cm³/mol. The van der Waals surface area contributed by atoms with Crippen LogP contribution in [-0.2, 0) is 9.47 Å². The number of ether oxygens (including phenoxy) is 2. The Kier molecular flexibility index (Phi) is 16.3. The lowest BCUT2D eigenvalue weighted by molar-refractivity contribution is 0.0527. The quantitative estimate of drug-likeness (QED) is 0.192. The fourth-order valence-electron chi connectivity index (χ4n) is 1.74. The van der Waals surface area contributed by atoms with Crippen molar-refractivity contribution < 1.29 is 14.3 Å². The zero-order valence-corrected chi connectivity index (χ0v) is 18.8. The molecule has 0 aliphatic heterocycles. The molecule has 0 saturated heterocycles. The summed E-state index contributed by atoms with van der Waals surface area (Å²) in [7, 11) is 5.50. The van der Waals surface area contributed by atoms with Crippen LogP contribution in [0, 0.1) is 0 Å². The van der Waals surface area contributed by atoms with Gasteiger partial charge in [0.1, 0.15) is 5.60 Å². The molecule has 0 atom stereocenters. The summed E-state index contributed by atoms with van der Waals surface area (Å²) >= 11 is 0. The Labute approximate surface area is 169 Å². The van der Waals surface area contributed by atoms with Crippen LogP contribution in [0.3, 0.4) is 0 Å². The molecule has 0 unspecified atom stereocenters. The summed E-state index contributed by atoms with van der Waals surface area (Å²) in [6.07, 6.45) is 0.400. The molecule has 0 bridgehead atoms. The maximum Gasteiger partial charge on any atom is 0.407 e. The monoisotopic (exact) mass is 473 g/mol. The number of hydrogen-bond donors (Lipinski definition) is 3. The van der Waals surface area contributed by atoms with E-state index in [4.69, 9.17) is 9.47 Å². The maximum absolute atomic E-state index is 11.5. The lowest BCUT2D eigenvalue weighted by Gasteiger charge is -2.20. The molecule has 0 aliphatic carbocycles. The summed E-state index contributed by atoms with van der Waals surface area (Å²) in [5.41, 5.74) is -0.468. The third-order valence-corrected chi connectivity index (χ3v) is 3.00. The molecule has 0 aromatic rings. The second-order valence-corrected chi connectivity index (χ2v) is 6.50. The molecule has 0 saturated carbocycles. The first-order valence-corrected chi connectivity index (χ1v) is 8.37. The van der Waals surface area contributed by atoms with E-state index in [0.717, 1.165) is 45.2 Å². The lowest BCUT2D eigenvalue weighted by atomic mass is 10.2. The SMILES string of the molecule is CN=C(NCCCNC(=O)OC(C)(C)C)NCCN(C)CCOC.I. The number of guanidine groups is 1. The van der Waals surface area contributed by atoms with Gasteiger partial charge in [0.2, 0.25) is 0 Å². The molecule has 0 rings (SSSR count). The molecule has 150 valence electrons. The number of carbonyl (C=O) groups excluding carboxylic acids is 1. The summed E-state index contributed by atoms with van der Waals surface area (Å²) in [5, 5.41) is 9.19. The van der Waals surface area contributed by atoms with Crippen molar-refractivity contribution in [3.63, 3.8) is 0 Å². The highest BCUT2D eigenvalue weighted by Crippen LogP contribution is 2.06. The van der Waals surface area contributed by atoms with E-state index in [-0.39, 0.29) is 30.1 Å². The van der Waals surface area contributed by atoms with Crippen LogP contribution in [0.5, 0.6) is 0 Å². The van der Waals surface area contributed by atoms with Crippen molar-refractivity contribution in [1.82, 2.24) is 20.9 Å². The molecule has 1 amide bonds. The fourth-order valence-corrected chi connectivity index (χ4v) is 1.74. The number of hydrogen-bond acceptors (Lipinski definition) is 5. The molecule has 0 aliphatic rings. The number of halogens is 1. The minimum atomic E-state index is -0.468. The topological polar surface area (TPSA) is 87.2 Å². The predicted octanol–water partition coefficient (Wildman–Crippen LogP) is 1.26. The Morgan fingerprint density at radius 1 is 1.08 bits per heavy atom. The van der Waals surface area contributed by atoms with Gasteiger partial charge in [0.05, 0.1) is 6.61 Å². The van der Waals surface area contributed by atoms with Crippen LogP contribution >= 0.6 is 24.0 Å².